The molecule has 5 heteroatoms. The lowest BCUT2D eigenvalue weighted by Gasteiger charge is -2.27. The van der Waals surface area contributed by atoms with Crippen molar-refractivity contribution in [2.45, 2.75) is 37.8 Å². The molecule has 0 aliphatic heterocycles. The van der Waals surface area contributed by atoms with E-state index in [2.05, 4.69) is 9.97 Å². The Morgan fingerprint density at radius 1 is 1.33 bits per heavy atom. The van der Waals surface area contributed by atoms with E-state index >= 15 is 0 Å². The minimum Gasteiger partial charge on any atom is -0.460 e. The molecule has 4 nitrogen and oxygen atoms in total. The Kier molecular flexibility index (Phi) is 2.91. The largest absolute Gasteiger partial charge is 0.460 e. The fourth-order valence-corrected chi connectivity index (χ4v) is 2.43. The van der Waals surface area contributed by atoms with E-state index in [0.717, 1.165) is 25.7 Å². The number of rotatable bonds is 2. The molecular formula is C13H16FN3O. The highest BCUT2D eigenvalue weighted by atomic mass is 19.1. The topological polar surface area (TPSA) is 63.9 Å². The van der Waals surface area contributed by atoms with Crippen LogP contribution in [0.4, 0.5) is 4.39 Å². The molecule has 0 saturated heterocycles. The Labute approximate surface area is 104 Å². The summed E-state index contributed by atoms with van der Waals surface area (Å²) in [7, 11) is 0. The van der Waals surface area contributed by atoms with Crippen molar-refractivity contribution < 1.29 is 9.13 Å². The predicted molar refractivity (Wildman–Crippen MR) is 66.9 cm³/mol. The molecule has 1 aliphatic rings. The van der Waals surface area contributed by atoms with Crippen LogP contribution in [0.1, 0.15) is 25.7 Å². The minimum absolute atomic E-state index is 0.00385. The molecule has 1 saturated carbocycles. The second-order valence-electron chi connectivity index (χ2n) is 4.81. The molecule has 2 atom stereocenters. The van der Waals surface area contributed by atoms with Gasteiger partial charge in [-0.25, -0.2) is 4.39 Å². The molecule has 2 aromatic rings. The van der Waals surface area contributed by atoms with Crippen LogP contribution in [0.3, 0.4) is 0 Å². The average Bonchev–Trinajstić information content (AvgIpc) is 2.73. The Morgan fingerprint density at radius 2 is 2.17 bits per heavy atom. The van der Waals surface area contributed by atoms with E-state index in [1.54, 1.807) is 6.07 Å². The van der Waals surface area contributed by atoms with Crippen LogP contribution in [0.15, 0.2) is 18.2 Å². The van der Waals surface area contributed by atoms with E-state index in [4.69, 9.17) is 10.5 Å². The van der Waals surface area contributed by atoms with E-state index in [9.17, 15) is 4.39 Å². The second-order valence-corrected chi connectivity index (χ2v) is 4.81. The fourth-order valence-electron chi connectivity index (χ4n) is 2.43. The van der Waals surface area contributed by atoms with Crippen LogP contribution in [-0.4, -0.2) is 22.1 Å². The highest BCUT2D eigenvalue weighted by Gasteiger charge is 2.24. The van der Waals surface area contributed by atoms with E-state index in [1.165, 1.54) is 12.1 Å². The molecule has 0 spiro atoms. The number of imidazole rings is 1. The van der Waals surface area contributed by atoms with Gasteiger partial charge in [-0.3, -0.25) is 0 Å². The zero-order chi connectivity index (χ0) is 12.5. The van der Waals surface area contributed by atoms with Crippen LogP contribution in [0.5, 0.6) is 6.01 Å². The summed E-state index contributed by atoms with van der Waals surface area (Å²) in [4.78, 5) is 7.26. The quantitative estimate of drug-likeness (QED) is 0.858. The maximum atomic E-state index is 13.1. The third-order valence-corrected chi connectivity index (χ3v) is 3.44. The first-order chi connectivity index (χ1) is 8.72. The number of halogens is 1. The lowest BCUT2D eigenvalue weighted by Crippen LogP contribution is -2.41. The summed E-state index contributed by atoms with van der Waals surface area (Å²) >= 11 is 0. The number of fused-ring (bicyclic) bond motifs is 1. The second kappa shape index (κ2) is 4.57. The molecule has 0 bridgehead atoms. The Balaban J connectivity index is 1.81. The summed E-state index contributed by atoms with van der Waals surface area (Å²) in [6.07, 6.45) is 4.23. The normalized spacial score (nSPS) is 24.3. The molecule has 18 heavy (non-hydrogen) atoms. The van der Waals surface area contributed by atoms with Crippen molar-refractivity contribution in [1.29, 1.82) is 0 Å². The summed E-state index contributed by atoms with van der Waals surface area (Å²) in [6, 6.07) is 4.92. The zero-order valence-corrected chi connectivity index (χ0v) is 10.0. The van der Waals surface area contributed by atoms with Crippen LogP contribution in [-0.2, 0) is 0 Å². The first kappa shape index (κ1) is 11.5. The summed E-state index contributed by atoms with van der Waals surface area (Å²) in [5.74, 6) is -0.285. The number of benzene rings is 1. The van der Waals surface area contributed by atoms with Gasteiger partial charge >= 0.3 is 0 Å². The van der Waals surface area contributed by atoms with Crippen molar-refractivity contribution in [3.8, 4) is 6.01 Å². The molecular weight excluding hydrogens is 233 g/mol. The van der Waals surface area contributed by atoms with Gasteiger partial charge in [-0.2, -0.15) is 4.98 Å². The van der Waals surface area contributed by atoms with Crippen LogP contribution >= 0.6 is 0 Å². The summed E-state index contributed by atoms with van der Waals surface area (Å²) in [5.41, 5.74) is 7.37. The number of nitrogens with two attached hydrogens (primary N) is 1. The van der Waals surface area contributed by atoms with Gasteiger partial charge in [0.1, 0.15) is 11.9 Å². The molecule has 1 aromatic heterocycles. The van der Waals surface area contributed by atoms with E-state index in [-0.39, 0.29) is 18.0 Å². The van der Waals surface area contributed by atoms with E-state index in [0.29, 0.717) is 17.0 Å². The summed E-state index contributed by atoms with van der Waals surface area (Å²) in [5, 5.41) is 0. The minimum atomic E-state index is -0.285. The van der Waals surface area contributed by atoms with Gasteiger partial charge in [-0.1, -0.05) is 6.42 Å². The van der Waals surface area contributed by atoms with Gasteiger partial charge in [0.2, 0.25) is 0 Å². The fraction of sp³-hybridized carbons (Fsp3) is 0.462. The molecule has 1 fully saturated rings. The van der Waals surface area contributed by atoms with Crippen LogP contribution in [0.2, 0.25) is 0 Å². The first-order valence-electron chi connectivity index (χ1n) is 6.30. The van der Waals surface area contributed by atoms with Crippen molar-refractivity contribution in [3.63, 3.8) is 0 Å². The predicted octanol–water partition coefficient (Wildman–Crippen LogP) is 2.35. The van der Waals surface area contributed by atoms with Gasteiger partial charge in [0.05, 0.1) is 11.0 Å². The number of hydrogen-bond acceptors (Lipinski definition) is 3. The lowest BCUT2D eigenvalue weighted by atomic mass is 9.93. The van der Waals surface area contributed by atoms with Crippen molar-refractivity contribution in [3.05, 3.63) is 24.0 Å². The van der Waals surface area contributed by atoms with E-state index < -0.39 is 0 Å². The molecule has 1 aromatic carbocycles. The van der Waals surface area contributed by atoms with Crippen molar-refractivity contribution in [2.24, 2.45) is 5.73 Å². The summed E-state index contributed by atoms with van der Waals surface area (Å²) < 4.78 is 18.8. The highest BCUT2D eigenvalue weighted by Crippen LogP contribution is 2.23. The smallest absolute Gasteiger partial charge is 0.294 e. The molecule has 0 amide bonds. The van der Waals surface area contributed by atoms with Gasteiger partial charge in [-0.15, -0.1) is 0 Å². The van der Waals surface area contributed by atoms with Crippen LogP contribution < -0.4 is 10.5 Å². The van der Waals surface area contributed by atoms with Gasteiger partial charge in [0.15, 0.2) is 0 Å². The van der Waals surface area contributed by atoms with Crippen molar-refractivity contribution in [1.82, 2.24) is 9.97 Å². The number of aromatic amines is 1. The maximum Gasteiger partial charge on any atom is 0.294 e. The molecule has 0 radical (unpaired) electrons. The zero-order valence-electron chi connectivity index (χ0n) is 10.0. The lowest BCUT2D eigenvalue weighted by molar-refractivity contribution is 0.122. The maximum absolute atomic E-state index is 13.1. The first-order valence-corrected chi connectivity index (χ1v) is 6.30. The van der Waals surface area contributed by atoms with Crippen LogP contribution in [0, 0.1) is 5.82 Å². The van der Waals surface area contributed by atoms with Gasteiger partial charge < -0.3 is 15.5 Å². The monoisotopic (exact) mass is 249 g/mol. The number of nitrogens with zero attached hydrogens (tertiary/aromatic N) is 1. The number of H-pyrrole nitrogens is 1. The third kappa shape index (κ3) is 2.18. The molecule has 2 unspecified atom stereocenters. The average molecular weight is 249 g/mol. The Morgan fingerprint density at radius 3 is 3.00 bits per heavy atom. The van der Waals surface area contributed by atoms with E-state index in [1.807, 2.05) is 0 Å². The number of ether oxygens (including phenoxy) is 1. The van der Waals surface area contributed by atoms with Gasteiger partial charge in [-0.05, 0) is 37.5 Å². The molecule has 3 rings (SSSR count). The van der Waals surface area contributed by atoms with Crippen LogP contribution in [0.25, 0.3) is 11.0 Å². The van der Waals surface area contributed by atoms with Crippen molar-refractivity contribution >= 4 is 11.0 Å². The molecule has 1 heterocycles. The number of aromatic nitrogens is 2. The SMILES string of the molecule is NC1CCCCC1Oc1nc2ccc(F)cc2[nH]1. The number of nitrogens with one attached hydrogen (secondary N) is 1. The van der Waals surface area contributed by atoms with Crippen molar-refractivity contribution in [2.75, 3.05) is 0 Å². The summed E-state index contributed by atoms with van der Waals surface area (Å²) in [6.45, 7) is 0. The Hall–Kier alpha value is -1.62. The molecule has 3 N–H and O–H groups in total. The third-order valence-electron chi connectivity index (χ3n) is 3.44. The molecule has 1 aliphatic carbocycles. The van der Waals surface area contributed by atoms with Gasteiger partial charge in [0, 0.05) is 6.04 Å². The highest BCUT2D eigenvalue weighted by molar-refractivity contribution is 5.75. The van der Waals surface area contributed by atoms with Gasteiger partial charge in [0.25, 0.3) is 6.01 Å². The Bertz CT molecular complexity index is 554. The number of hydrogen-bond donors (Lipinski definition) is 2. The standard InChI is InChI=1S/C13H16FN3O/c14-8-5-6-10-11(7-8)17-13(16-10)18-12-4-2-1-3-9(12)15/h5-7,9,12H,1-4,15H2,(H,16,17). The molecule has 96 valence electrons.